The number of halogens is 1. The van der Waals surface area contributed by atoms with Crippen LogP contribution >= 0.6 is 11.6 Å². The molecule has 134 valence electrons. The Morgan fingerprint density at radius 2 is 2.00 bits per heavy atom. The summed E-state index contributed by atoms with van der Waals surface area (Å²) in [6.45, 7) is 2.02. The summed E-state index contributed by atoms with van der Waals surface area (Å²) in [5, 5.41) is 2.75. The van der Waals surface area contributed by atoms with Gasteiger partial charge in [0.1, 0.15) is 6.54 Å². The highest BCUT2D eigenvalue weighted by atomic mass is 35.5. The molecular weight excluding hydrogens is 356 g/mol. The van der Waals surface area contributed by atoms with Crippen LogP contribution in [0.4, 0.5) is 5.69 Å². The maximum atomic E-state index is 12.1. The lowest BCUT2D eigenvalue weighted by Gasteiger charge is -2.23. The SMILES string of the molecule is CCCCNC(=O)CN(c1cc(C(=O)OC)ccc1Cl)S(C)(=O)=O. The van der Waals surface area contributed by atoms with Crippen LogP contribution in [0.25, 0.3) is 0 Å². The average molecular weight is 377 g/mol. The molecule has 0 heterocycles. The lowest BCUT2D eigenvalue weighted by Crippen LogP contribution is -2.40. The van der Waals surface area contributed by atoms with Crippen LogP contribution in [0.1, 0.15) is 30.1 Å². The average Bonchev–Trinajstić information content (AvgIpc) is 2.52. The summed E-state index contributed by atoms with van der Waals surface area (Å²) in [6.07, 6.45) is 2.67. The molecule has 7 nitrogen and oxygen atoms in total. The summed E-state index contributed by atoms with van der Waals surface area (Å²) in [7, 11) is -2.56. The van der Waals surface area contributed by atoms with Gasteiger partial charge in [0.25, 0.3) is 0 Å². The Kier molecular flexibility index (Phi) is 7.50. The number of carbonyl (C=O) groups is 2. The molecule has 0 aliphatic rings. The van der Waals surface area contributed by atoms with Crippen LogP contribution in [0.2, 0.25) is 5.02 Å². The number of amides is 1. The van der Waals surface area contributed by atoms with E-state index in [1.165, 1.54) is 25.3 Å². The Morgan fingerprint density at radius 3 is 2.54 bits per heavy atom. The zero-order valence-electron chi connectivity index (χ0n) is 13.8. The third-order valence-corrected chi connectivity index (χ3v) is 4.62. The predicted octanol–water partition coefficient (Wildman–Crippen LogP) is 1.81. The van der Waals surface area contributed by atoms with Gasteiger partial charge in [-0.1, -0.05) is 24.9 Å². The number of sulfonamides is 1. The van der Waals surface area contributed by atoms with Crippen molar-refractivity contribution in [2.24, 2.45) is 0 Å². The number of hydrogen-bond donors (Lipinski definition) is 1. The molecule has 0 aromatic heterocycles. The van der Waals surface area contributed by atoms with Gasteiger partial charge >= 0.3 is 5.97 Å². The molecule has 1 N–H and O–H groups in total. The summed E-state index contributed by atoms with van der Waals surface area (Å²) >= 11 is 6.07. The van der Waals surface area contributed by atoms with Crippen molar-refractivity contribution in [3.8, 4) is 0 Å². The van der Waals surface area contributed by atoms with E-state index in [0.717, 1.165) is 23.4 Å². The molecule has 1 aromatic rings. The van der Waals surface area contributed by atoms with Gasteiger partial charge in [0, 0.05) is 6.54 Å². The summed E-state index contributed by atoms with van der Waals surface area (Å²) in [6, 6.07) is 4.09. The number of unbranched alkanes of at least 4 members (excludes halogenated alkanes) is 1. The van der Waals surface area contributed by atoms with E-state index >= 15 is 0 Å². The molecule has 1 aromatic carbocycles. The first-order chi connectivity index (χ1) is 11.2. The molecule has 0 saturated carbocycles. The van der Waals surface area contributed by atoms with Gasteiger partial charge < -0.3 is 10.1 Å². The van der Waals surface area contributed by atoms with Crippen LogP contribution in [-0.2, 0) is 19.6 Å². The quantitative estimate of drug-likeness (QED) is 0.551. The highest BCUT2D eigenvalue weighted by molar-refractivity contribution is 7.92. The zero-order valence-corrected chi connectivity index (χ0v) is 15.4. The van der Waals surface area contributed by atoms with Crippen LogP contribution < -0.4 is 9.62 Å². The molecule has 0 fully saturated rings. The van der Waals surface area contributed by atoms with Gasteiger partial charge in [-0.25, -0.2) is 13.2 Å². The summed E-state index contributed by atoms with van der Waals surface area (Å²) < 4.78 is 29.6. The van der Waals surface area contributed by atoms with Gasteiger partial charge in [-0.2, -0.15) is 0 Å². The van der Waals surface area contributed by atoms with E-state index in [2.05, 4.69) is 10.1 Å². The van der Waals surface area contributed by atoms with E-state index in [1.54, 1.807) is 0 Å². The number of nitrogens with zero attached hydrogens (tertiary/aromatic N) is 1. The number of ether oxygens (including phenoxy) is 1. The summed E-state index contributed by atoms with van der Waals surface area (Å²) in [5.74, 6) is -1.08. The van der Waals surface area contributed by atoms with Gasteiger partial charge in [0.2, 0.25) is 15.9 Å². The summed E-state index contributed by atoms with van der Waals surface area (Å²) in [4.78, 5) is 23.6. The Bertz CT molecular complexity index is 706. The molecule has 0 spiro atoms. The van der Waals surface area contributed by atoms with Crippen molar-refractivity contribution in [2.45, 2.75) is 19.8 Å². The molecule has 0 unspecified atom stereocenters. The highest BCUT2D eigenvalue weighted by Crippen LogP contribution is 2.29. The molecule has 24 heavy (non-hydrogen) atoms. The molecule has 0 bridgehead atoms. The first-order valence-corrected chi connectivity index (χ1v) is 9.55. The molecule has 0 atom stereocenters. The number of anilines is 1. The Balaban J connectivity index is 3.13. The van der Waals surface area contributed by atoms with Crippen molar-refractivity contribution < 1.29 is 22.7 Å². The van der Waals surface area contributed by atoms with Crippen molar-refractivity contribution in [2.75, 3.05) is 30.8 Å². The maximum Gasteiger partial charge on any atom is 0.337 e. The Hall–Kier alpha value is -1.80. The second kappa shape index (κ2) is 8.89. The van der Waals surface area contributed by atoms with Gasteiger partial charge in [-0.05, 0) is 24.6 Å². The standard InChI is InChI=1S/C15H21ClN2O5S/c1-4-5-8-17-14(19)10-18(24(3,21)22)13-9-11(15(20)23-2)6-7-12(13)16/h6-7,9H,4-5,8,10H2,1-3H3,(H,17,19). The molecule has 0 aliphatic carbocycles. The van der Waals surface area contributed by atoms with Crippen molar-refractivity contribution >= 4 is 39.2 Å². The number of benzene rings is 1. The van der Waals surface area contributed by atoms with Crippen LogP contribution in [0.5, 0.6) is 0 Å². The number of methoxy groups -OCH3 is 1. The number of nitrogens with one attached hydrogen (secondary N) is 1. The van der Waals surface area contributed by atoms with E-state index in [-0.39, 0.29) is 16.3 Å². The van der Waals surface area contributed by atoms with Crippen molar-refractivity contribution in [3.63, 3.8) is 0 Å². The van der Waals surface area contributed by atoms with Crippen LogP contribution in [0, 0.1) is 0 Å². The van der Waals surface area contributed by atoms with Gasteiger partial charge in [-0.15, -0.1) is 0 Å². The fourth-order valence-corrected chi connectivity index (χ4v) is 3.05. The fraction of sp³-hybridized carbons (Fsp3) is 0.467. The first-order valence-electron chi connectivity index (χ1n) is 7.33. The van der Waals surface area contributed by atoms with E-state index in [4.69, 9.17) is 11.6 Å². The molecule has 0 saturated heterocycles. The van der Waals surface area contributed by atoms with Crippen LogP contribution in [0.3, 0.4) is 0 Å². The topological polar surface area (TPSA) is 92.8 Å². The van der Waals surface area contributed by atoms with E-state index in [1.807, 2.05) is 6.92 Å². The van der Waals surface area contributed by atoms with Gasteiger partial charge in [0.05, 0.1) is 29.6 Å². The fourth-order valence-electron chi connectivity index (χ4n) is 1.92. The lowest BCUT2D eigenvalue weighted by atomic mass is 10.2. The Morgan fingerprint density at radius 1 is 1.33 bits per heavy atom. The molecule has 9 heteroatoms. The smallest absolute Gasteiger partial charge is 0.337 e. The monoisotopic (exact) mass is 376 g/mol. The van der Waals surface area contributed by atoms with E-state index in [9.17, 15) is 18.0 Å². The Labute approximate surface area is 147 Å². The lowest BCUT2D eigenvalue weighted by molar-refractivity contribution is -0.119. The van der Waals surface area contributed by atoms with Gasteiger partial charge in [0.15, 0.2) is 0 Å². The van der Waals surface area contributed by atoms with Crippen LogP contribution in [0.15, 0.2) is 18.2 Å². The number of hydrogen-bond acceptors (Lipinski definition) is 5. The number of carbonyl (C=O) groups excluding carboxylic acids is 2. The second-order valence-corrected chi connectivity index (χ2v) is 7.44. The first kappa shape index (κ1) is 20.2. The van der Waals surface area contributed by atoms with Gasteiger partial charge in [-0.3, -0.25) is 9.10 Å². The number of esters is 1. The third kappa shape index (κ3) is 5.68. The highest BCUT2D eigenvalue weighted by Gasteiger charge is 2.24. The third-order valence-electron chi connectivity index (χ3n) is 3.18. The van der Waals surface area contributed by atoms with Crippen LogP contribution in [-0.4, -0.2) is 46.7 Å². The normalized spacial score (nSPS) is 11.0. The number of rotatable bonds is 8. The maximum absolute atomic E-state index is 12.1. The molecular formula is C15H21ClN2O5S. The van der Waals surface area contributed by atoms with Crippen molar-refractivity contribution in [1.29, 1.82) is 0 Å². The minimum Gasteiger partial charge on any atom is -0.465 e. The van der Waals surface area contributed by atoms with Crippen molar-refractivity contribution in [1.82, 2.24) is 5.32 Å². The van der Waals surface area contributed by atoms with Crippen molar-refractivity contribution in [3.05, 3.63) is 28.8 Å². The minimum absolute atomic E-state index is 0.0488. The zero-order chi connectivity index (χ0) is 18.3. The van der Waals surface area contributed by atoms with E-state index < -0.39 is 28.4 Å². The molecule has 0 radical (unpaired) electrons. The summed E-state index contributed by atoms with van der Waals surface area (Å²) in [5.41, 5.74) is 0.185. The van der Waals surface area contributed by atoms with E-state index in [0.29, 0.717) is 6.54 Å². The molecule has 1 amide bonds. The second-order valence-electron chi connectivity index (χ2n) is 5.13. The predicted molar refractivity (Wildman–Crippen MR) is 92.9 cm³/mol. The molecule has 1 rings (SSSR count). The minimum atomic E-state index is -3.78. The largest absolute Gasteiger partial charge is 0.465 e. The molecule has 0 aliphatic heterocycles.